The van der Waals surface area contributed by atoms with Crippen LogP contribution in [0.5, 0.6) is 0 Å². The Bertz CT molecular complexity index is 987. The molecule has 2 aromatic carbocycles. The topological polar surface area (TPSA) is 104 Å². The molecule has 0 radical (unpaired) electrons. The summed E-state index contributed by atoms with van der Waals surface area (Å²) in [5, 5.41) is 5.64. The summed E-state index contributed by atoms with van der Waals surface area (Å²) in [7, 11) is -3.40. The van der Waals surface area contributed by atoms with Gasteiger partial charge in [-0.3, -0.25) is 14.3 Å². The first-order valence-electron chi connectivity index (χ1n) is 8.90. The lowest BCUT2D eigenvalue weighted by molar-refractivity contribution is 0.0940. The molecule has 0 aromatic heterocycles. The van der Waals surface area contributed by atoms with Crippen molar-refractivity contribution in [2.24, 2.45) is 0 Å². The number of anilines is 2. The number of benzene rings is 2. The molecule has 0 spiro atoms. The number of rotatable bonds is 7. The Kier molecular flexibility index (Phi) is 6.80. The standard InChI is InChI=1S/C20H25N3O4S/c1-5-14(3)21-20(25)16-8-6-7-9-18(16)22-19(24)15-10-11-17(13(2)12-15)23-28(4,26)27/h6-12,14,23H,5H2,1-4H3,(H,21,25)(H,22,24)/t14-/m0/s1. The van der Waals surface area contributed by atoms with Gasteiger partial charge in [0.1, 0.15) is 0 Å². The second-order valence-corrected chi connectivity index (χ2v) is 8.43. The fourth-order valence-corrected chi connectivity index (χ4v) is 3.14. The minimum Gasteiger partial charge on any atom is -0.350 e. The maximum Gasteiger partial charge on any atom is 0.255 e. The van der Waals surface area contributed by atoms with Gasteiger partial charge >= 0.3 is 0 Å². The van der Waals surface area contributed by atoms with Gasteiger partial charge in [-0.1, -0.05) is 19.1 Å². The van der Waals surface area contributed by atoms with Gasteiger partial charge in [0.25, 0.3) is 11.8 Å². The molecule has 28 heavy (non-hydrogen) atoms. The molecule has 0 bridgehead atoms. The Balaban J connectivity index is 2.22. The van der Waals surface area contributed by atoms with E-state index in [1.54, 1.807) is 37.3 Å². The number of amides is 2. The fraction of sp³-hybridized carbons (Fsp3) is 0.300. The number of carbonyl (C=O) groups excluding carboxylic acids is 2. The summed E-state index contributed by atoms with van der Waals surface area (Å²) >= 11 is 0. The van der Waals surface area contributed by atoms with Crippen LogP contribution in [-0.4, -0.2) is 32.5 Å². The molecule has 1 atom stereocenters. The molecule has 7 nitrogen and oxygen atoms in total. The van der Waals surface area contributed by atoms with Crippen LogP contribution in [0.4, 0.5) is 11.4 Å². The van der Waals surface area contributed by atoms with Gasteiger partial charge < -0.3 is 10.6 Å². The maximum absolute atomic E-state index is 12.6. The maximum atomic E-state index is 12.6. The molecule has 0 aliphatic heterocycles. The fourth-order valence-electron chi connectivity index (χ4n) is 2.51. The van der Waals surface area contributed by atoms with Crippen molar-refractivity contribution in [3.8, 4) is 0 Å². The smallest absolute Gasteiger partial charge is 0.255 e. The van der Waals surface area contributed by atoms with E-state index < -0.39 is 15.9 Å². The molecule has 0 saturated heterocycles. The van der Waals surface area contributed by atoms with Crippen molar-refractivity contribution in [1.82, 2.24) is 5.32 Å². The normalized spacial score (nSPS) is 12.1. The van der Waals surface area contributed by atoms with Crippen molar-refractivity contribution in [3.63, 3.8) is 0 Å². The van der Waals surface area contributed by atoms with Crippen molar-refractivity contribution in [1.29, 1.82) is 0 Å². The van der Waals surface area contributed by atoms with E-state index in [2.05, 4.69) is 15.4 Å². The molecule has 2 rings (SSSR count). The van der Waals surface area contributed by atoms with Gasteiger partial charge in [0.15, 0.2) is 0 Å². The van der Waals surface area contributed by atoms with Gasteiger partial charge in [-0.05, 0) is 56.2 Å². The van der Waals surface area contributed by atoms with Gasteiger partial charge in [-0.15, -0.1) is 0 Å². The number of sulfonamides is 1. The minimum absolute atomic E-state index is 0.0220. The highest BCUT2D eigenvalue weighted by Gasteiger charge is 2.16. The Morgan fingerprint density at radius 3 is 2.32 bits per heavy atom. The molecule has 3 N–H and O–H groups in total. The second-order valence-electron chi connectivity index (χ2n) is 6.69. The number of para-hydroxylation sites is 1. The molecular formula is C20H25N3O4S. The van der Waals surface area contributed by atoms with Crippen LogP contribution >= 0.6 is 0 Å². The first kappa shape index (κ1) is 21.4. The van der Waals surface area contributed by atoms with Crippen molar-refractivity contribution < 1.29 is 18.0 Å². The van der Waals surface area contributed by atoms with Crippen LogP contribution in [0.15, 0.2) is 42.5 Å². The molecule has 150 valence electrons. The number of aryl methyl sites for hydroxylation is 1. The van der Waals surface area contributed by atoms with Crippen LogP contribution in [-0.2, 0) is 10.0 Å². The van der Waals surface area contributed by atoms with Crippen LogP contribution in [0.25, 0.3) is 0 Å². The first-order chi connectivity index (χ1) is 13.1. The summed E-state index contributed by atoms with van der Waals surface area (Å²) in [5.41, 5.74) is 2.16. The molecule has 0 aliphatic rings. The lowest BCUT2D eigenvalue weighted by atomic mass is 10.1. The first-order valence-corrected chi connectivity index (χ1v) is 10.8. The summed E-state index contributed by atoms with van der Waals surface area (Å²) in [5.74, 6) is -0.646. The van der Waals surface area contributed by atoms with Crippen LogP contribution in [0.2, 0.25) is 0 Å². The van der Waals surface area contributed by atoms with E-state index in [1.807, 2.05) is 13.8 Å². The zero-order valence-electron chi connectivity index (χ0n) is 16.4. The SMILES string of the molecule is CC[C@H](C)NC(=O)c1ccccc1NC(=O)c1ccc(NS(C)(=O)=O)c(C)c1. The van der Waals surface area contributed by atoms with Gasteiger partial charge in [0, 0.05) is 11.6 Å². The number of hydrogen-bond acceptors (Lipinski definition) is 4. The lowest BCUT2D eigenvalue weighted by Crippen LogP contribution is -2.32. The molecule has 0 aliphatic carbocycles. The monoisotopic (exact) mass is 403 g/mol. The van der Waals surface area contributed by atoms with Crippen LogP contribution in [0.1, 0.15) is 46.5 Å². The Morgan fingerprint density at radius 2 is 1.71 bits per heavy atom. The highest BCUT2D eigenvalue weighted by Crippen LogP contribution is 2.20. The van der Waals surface area contributed by atoms with Gasteiger partial charge in [-0.25, -0.2) is 8.42 Å². The summed E-state index contributed by atoms with van der Waals surface area (Å²) in [6.07, 6.45) is 1.86. The highest BCUT2D eigenvalue weighted by molar-refractivity contribution is 7.92. The van der Waals surface area contributed by atoms with Gasteiger partial charge in [-0.2, -0.15) is 0 Å². The third-order valence-corrected chi connectivity index (χ3v) is 4.78. The molecule has 2 amide bonds. The van der Waals surface area contributed by atoms with Crippen LogP contribution < -0.4 is 15.4 Å². The molecule has 0 fully saturated rings. The predicted octanol–water partition coefficient (Wildman–Crippen LogP) is 3.15. The van der Waals surface area contributed by atoms with Gasteiger partial charge in [0.2, 0.25) is 10.0 Å². The lowest BCUT2D eigenvalue weighted by Gasteiger charge is -2.15. The number of carbonyl (C=O) groups is 2. The quantitative estimate of drug-likeness (QED) is 0.660. The van der Waals surface area contributed by atoms with Crippen LogP contribution in [0.3, 0.4) is 0 Å². The van der Waals surface area contributed by atoms with Crippen molar-refractivity contribution >= 4 is 33.2 Å². The largest absolute Gasteiger partial charge is 0.350 e. The van der Waals surface area contributed by atoms with Crippen molar-refractivity contribution in [2.45, 2.75) is 33.2 Å². The summed E-state index contributed by atoms with van der Waals surface area (Å²) < 4.78 is 25.2. The minimum atomic E-state index is -3.40. The summed E-state index contributed by atoms with van der Waals surface area (Å²) in [6.45, 7) is 5.59. The number of hydrogen-bond donors (Lipinski definition) is 3. The van der Waals surface area contributed by atoms with E-state index >= 15 is 0 Å². The van der Waals surface area contributed by atoms with Crippen molar-refractivity contribution in [2.75, 3.05) is 16.3 Å². The second kappa shape index (κ2) is 8.88. The Labute approximate surface area is 165 Å². The Morgan fingerprint density at radius 1 is 1.04 bits per heavy atom. The zero-order chi connectivity index (χ0) is 20.9. The van der Waals surface area contributed by atoms with E-state index in [4.69, 9.17) is 0 Å². The van der Waals surface area contributed by atoms with Gasteiger partial charge in [0.05, 0.1) is 23.2 Å². The molecular weight excluding hydrogens is 378 g/mol. The van der Waals surface area contributed by atoms with E-state index in [9.17, 15) is 18.0 Å². The predicted molar refractivity (Wildman–Crippen MR) is 111 cm³/mol. The average Bonchev–Trinajstić information content (AvgIpc) is 2.62. The molecule has 0 heterocycles. The molecule has 0 unspecified atom stereocenters. The third kappa shape index (κ3) is 5.82. The number of nitrogens with one attached hydrogen (secondary N) is 3. The highest BCUT2D eigenvalue weighted by atomic mass is 32.2. The average molecular weight is 404 g/mol. The van der Waals surface area contributed by atoms with Crippen LogP contribution in [0, 0.1) is 6.92 Å². The molecule has 0 saturated carbocycles. The third-order valence-electron chi connectivity index (χ3n) is 4.19. The van der Waals surface area contributed by atoms with Crippen molar-refractivity contribution in [3.05, 3.63) is 59.2 Å². The summed E-state index contributed by atoms with van der Waals surface area (Å²) in [6, 6.07) is 11.5. The van der Waals surface area contributed by atoms with E-state index in [1.165, 1.54) is 12.1 Å². The van der Waals surface area contributed by atoms with E-state index in [-0.39, 0.29) is 11.9 Å². The molecule has 2 aromatic rings. The molecule has 8 heteroatoms. The Hall–Kier alpha value is -2.87. The summed E-state index contributed by atoms with van der Waals surface area (Å²) in [4.78, 5) is 25.1. The van der Waals surface area contributed by atoms with E-state index in [0.29, 0.717) is 28.1 Å². The zero-order valence-corrected chi connectivity index (χ0v) is 17.2. The van der Waals surface area contributed by atoms with E-state index in [0.717, 1.165) is 12.7 Å².